The van der Waals surface area contributed by atoms with Gasteiger partial charge in [0.1, 0.15) is 0 Å². The quantitative estimate of drug-likeness (QED) is 0.365. The smallest absolute Gasteiger partial charge is 0.270 e. The number of carbonyl (C=O) groups excluding carboxylic acids is 1. The summed E-state index contributed by atoms with van der Waals surface area (Å²) in [7, 11) is 0. The molecule has 2 rings (SSSR count). The van der Waals surface area contributed by atoms with E-state index < -0.39 is 4.92 Å². The van der Waals surface area contributed by atoms with Crippen molar-refractivity contribution in [2.75, 3.05) is 0 Å². The van der Waals surface area contributed by atoms with Crippen molar-refractivity contribution in [3.63, 3.8) is 0 Å². The molecule has 0 bridgehead atoms. The van der Waals surface area contributed by atoms with Gasteiger partial charge >= 0.3 is 0 Å². The number of ketones is 1. The molecule has 0 spiro atoms. The first-order chi connectivity index (χ1) is 8.66. The number of allylic oxidation sites excluding steroid dienone is 1. The van der Waals surface area contributed by atoms with Gasteiger partial charge in [-0.3, -0.25) is 14.9 Å². The van der Waals surface area contributed by atoms with E-state index in [9.17, 15) is 14.9 Å². The lowest BCUT2D eigenvalue weighted by molar-refractivity contribution is -0.384. The van der Waals surface area contributed by atoms with Gasteiger partial charge in [0, 0.05) is 12.1 Å². The highest BCUT2D eigenvalue weighted by atomic mass is 32.1. The fraction of sp³-hybridized carbons (Fsp3) is 0. The number of hydrogen-bond acceptors (Lipinski definition) is 4. The second-order valence-electron chi connectivity index (χ2n) is 3.53. The molecule has 0 saturated heterocycles. The van der Waals surface area contributed by atoms with Crippen LogP contribution < -0.4 is 0 Å². The number of benzene rings is 1. The van der Waals surface area contributed by atoms with E-state index in [1.54, 1.807) is 30.3 Å². The number of non-ortho nitro benzene ring substituents is 1. The van der Waals surface area contributed by atoms with Crippen molar-refractivity contribution in [2.45, 2.75) is 0 Å². The first-order valence-electron chi connectivity index (χ1n) is 5.17. The molecule has 0 atom stereocenters. The fourth-order valence-electron chi connectivity index (χ4n) is 1.41. The van der Waals surface area contributed by atoms with E-state index in [0.29, 0.717) is 10.4 Å². The molecule has 5 heteroatoms. The number of nitrogens with zero attached hydrogens (tertiary/aromatic N) is 1. The molecule has 0 N–H and O–H groups in total. The molecule has 0 amide bonds. The van der Waals surface area contributed by atoms with Crippen LogP contribution in [0.2, 0.25) is 0 Å². The third-order valence-corrected chi connectivity index (χ3v) is 3.16. The van der Waals surface area contributed by atoms with Crippen molar-refractivity contribution in [1.82, 2.24) is 0 Å². The van der Waals surface area contributed by atoms with Crippen molar-refractivity contribution in [3.05, 3.63) is 68.4 Å². The van der Waals surface area contributed by atoms with Gasteiger partial charge in [-0.25, -0.2) is 0 Å². The summed E-state index contributed by atoms with van der Waals surface area (Å²) in [6.45, 7) is 0. The second-order valence-corrected chi connectivity index (χ2v) is 4.47. The first-order valence-corrected chi connectivity index (χ1v) is 6.05. The predicted molar refractivity (Wildman–Crippen MR) is 70.8 cm³/mol. The molecule has 2 aromatic rings. The third-order valence-electron chi connectivity index (χ3n) is 2.27. The van der Waals surface area contributed by atoms with Gasteiger partial charge in [-0.1, -0.05) is 24.3 Å². The lowest BCUT2D eigenvalue weighted by Crippen LogP contribution is -1.90. The van der Waals surface area contributed by atoms with E-state index in [2.05, 4.69) is 0 Å². The summed E-state index contributed by atoms with van der Waals surface area (Å²) in [5.74, 6) is -0.100. The summed E-state index contributed by atoms with van der Waals surface area (Å²) in [5, 5.41) is 12.4. The van der Waals surface area contributed by atoms with Gasteiger partial charge in [-0.2, -0.15) is 0 Å². The zero-order valence-corrected chi connectivity index (χ0v) is 10.1. The van der Waals surface area contributed by atoms with Gasteiger partial charge in [-0.05, 0) is 23.1 Å². The van der Waals surface area contributed by atoms with Crippen LogP contribution in [0.1, 0.15) is 15.2 Å². The first kappa shape index (κ1) is 12.2. The minimum atomic E-state index is -0.460. The van der Waals surface area contributed by atoms with E-state index in [1.165, 1.54) is 29.5 Å². The lowest BCUT2D eigenvalue weighted by Gasteiger charge is -1.94. The molecular weight excluding hydrogens is 250 g/mol. The van der Waals surface area contributed by atoms with Crippen LogP contribution in [0.4, 0.5) is 5.69 Å². The topological polar surface area (TPSA) is 60.2 Å². The maximum Gasteiger partial charge on any atom is 0.270 e. The zero-order valence-electron chi connectivity index (χ0n) is 9.28. The molecule has 0 aliphatic heterocycles. The van der Waals surface area contributed by atoms with Crippen molar-refractivity contribution in [2.24, 2.45) is 0 Å². The zero-order chi connectivity index (χ0) is 13.0. The molecule has 0 aliphatic rings. The Morgan fingerprint density at radius 3 is 2.78 bits per heavy atom. The average Bonchev–Trinajstić information content (AvgIpc) is 2.90. The van der Waals surface area contributed by atoms with Crippen LogP contribution >= 0.6 is 11.3 Å². The SMILES string of the molecule is O=C(/C=C/c1cccc([N+](=O)[O-])c1)c1cccs1. The van der Waals surface area contributed by atoms with Gasteiger partial charge < -0.3 is 0 Å². The average molecular weight is 259 g/mol. The van der Waals surface area contributed by atoms with Crippen molar-refractivity contribution in [3.8, 4) is 0 Å². The minimum absolute atomic E-state index is 0.0146. The molecule has 0 saturated carbocycles. The summed E-state index contributed by atoms with van der Waals surface area (Å²) in [6.07, 6.45) is 3.00. The molecule has 1 aromatic heterocycles. The van der Waals surface area contributed by atoms with E-state index >= 15 is 0 Å². The molecule has 0 unspecified atom stereocenters. The predicted octanol–water partition coefficient (Wildman–Crippen LogP) is 3.55. The second kappa shape index (κ2) is 5.37. The van der Waals surface area contributed by atoms with Crippen molar-refractivity contribution >= 4 is 28.9 Å². The van der Waals surface area contributed by atoms with Crippen molar-refractivity contribution < 1.29 is 9.72 Å². The molecule has 0 radical (unpaired) electrons. The number of nitro groups is 1. The number of carbonyl (C=O) groups is 1. The highest BCUT2D eigenvalue weighted by Gasteiger charge is 2.05. The monoisotopic (exact) mass is 259 g/mol. The van der Waals surface area contributed by atoms with Gasteiger partial charge in [0.2, 0.25) is 0 Å². The number of rotatable bonds is 4. The number of thiophene rings is 1. The standard InChI is InChI=1S/C13H9NO3S/c15-12(13-5-2-8-18-13)7-6-10-3-1-4-11(9-10)14(16)17/h1-9H/b7-6+. The molecule has 1 heterocycles. The summed E-state index contributed by atoms with van der Waals surface area (Å²) in [5.41, 5.74) is 0.648. The maximum absolute atomic E-state index is 11.7. The molecule has 1 aromatic carbocycles. The Kier molecular flexibility index (Phi) is 3.64. The van der Waals surface area contributed by atoms with Crippen LogP contribution in [0.3, 0.4) is 0 Å². The fourth-order valence-corrected chi connectivity index (χ4v) is 2.06. The van der Waals surface area contributed by atoms with Crippen LogP contribution in [0.15, 0.2) is 47.9 Å². The number of nitro benzene ring substituents is 1. The van der Waals surface area contributed by atoms with Crippen LogP contribution in [-0.2, 0) is 0 Å². The normalized spacial score (nSPS) is 10.7. The molecule has 90 valence electrons. The van der Waals surface area contributed by atoms with Gasteiger partial charge in [0.25, 0.3) is 5.69 Å². The van der Waals surface area contributed by atoms with E-state index in [0.717, 1.165) is 0 Å². The Hall–Kier alpha value is -2.27. The molecule has 18 heavy (non-hydrogen) atoms. The van der Waals surface area contributed by atoms with Crippen molar-refractivity contribution in [1.29, 1.82) is 0 Å². The molecule has 0 fully saturated rings. The van der Waals surface area contributed by atoms with Gasteiger partial charge in [-0.15, -0.1) is 11.3 Å². The highest BCUT2D eigenvalue weighted by molar-refractivity contribution is 7.12. The maximum atomic E-state index is 11.7. The Morgan fingerprint density at radius 2 is 2.11 bits per heavy atom. The Bertz CT molecular complexity index is 602. The van der Waals surface area contributed by atoms with Gasteiger partial charge in [0.15, 0.2) is 5.78 Å². The van der Waals surface area contributed by atoms with Crippen LogP contribution in [0.25, 0.3) is 6.08 Å². The van der Waals surface area contributed by atoms with Crippen LogP contribution in [-0.4, -0.2) is 10.7 Å². The van der Waals surface area contributed by atoms with Crippen LogP contribution in [0.5, 0.6) is 0 Å². The summed E-state index contributed by atoms with van der Waals surface area (Å²) >= 11 is 1.37. The van der Waals surface area contributed by atoms with E-state index in [4.69, 9.17) is 0 Å². The van der Waals surface area contributed by atoms with Gasteiger partial charge in [0.05, 0.1) is 9.80 Å². The molecule has 0 aliphatic carbocycles. The number of hydrogen-bond donors (Lipinski definition) is 0. The Labute approximate surface area is 107 Å². The largest absolute Gasteiger partial charge is 0.288 e. The highest BCUT2D eigenvalue weighted by Crippen LogP contribution is 2.15. The Morgan fingerprint density at radius 1 is 1.28 bits per heavy atom. The lowest BCUT2D eigenvalue weighted by atomic mass is 10.1. The summed E-state index contributed by atoms with van der Waals surface area (Å²) < 4.78 is 0. The van der Waals surface area contributed by atoms with Crippen LogP contribution in [0, 0.1) is 10.1 Å². The van der Waals surface area contributed by atoms with E-state index in [-0.39, 0.29) is 11.5 Å². The summed E-state index contributed by atoms with van der Waals surface area (Å²) in [6, 6.07) is 9.69. The minimum Gasteiger partial charge on any atom is -0.288 e. The molecular formula is C13H9NO3S. The summed E-state index contributed by atoms with van der Waals surface area (Å²) in [4.78, 5) is 22.5. The Balaban J connectivity index is 2.16. The molecule has 4 nitrogen and oxygen atoms in total. The van der Waals surface area contributed by atoms with E-state index in [1.807, 2.05) is 5.38 Å². The third kappa shape index (κ3) is 2.89.